The van der Waals surface area contributed by atoms with Crippen molar-refractivity contribution in [2.24, 2.45) is 29.6 Å². The fourth-order valence-corrected chi connectivity index (χ4v) is 5.72. The Bertz CT molecular complexity index is 538. The number of rotatable bonds is 2. The Morgan fingerprint density at radius 2 is 1.55 bits per heavy atom. The van der Waals surface area contributed by atoms with Crippen LogP contribution in [-0.2, 0) is 0 Å². The minimum atomic E-state index is 0.210. The third-order valence-electron chi connectivity index (χ3n) is 5.73. The molecule has 0 heterocycles. The lowest BCUT2D eigenvalue weighted by atomic mass is 9.51. The molecule has 5 rings (SSSR count). The lowest BCUT2D eigenvalue weighted by molar-refractivity contribution is -0.0251. The molecular formula is C17H18Cl2O. The van der Waals surface area contributed by atoms with E-state index in [1.165, 1.54) is 32.1 Å². The molecule has 0 radical (unpaired) electrons. The van der Waals surface area contributed by atoms with Gasteiger partial charge >= 0.3 is 0 Å². The van der Waals surface area contributed by atoms with Crippen molar-refractivity contribution in [2.45, 2.75) is 32.1 Å². The molecule has 0 spiro atoms. The Hall–Kier alpha value is -0.530. The molecule has 0 aliphatic heterocycles. The number of carbonyl (C=O) groups excluding carboxylic acids is 1. The highest BCUT2D eigenvalue weighted by Crippen LogP contribution is 2.57. The Balaban J connectivity index is 1.65. The van der Waals surface area contributed by atoms with E-state index in [1.807, 2.05) is 0 Å². The van der Waals surface area contributed by atoms with Crippen molar-refractivity contribution in [2.75, 3.05) is 0 Å². The molecule has 0 N–H and O–H groups in total. The van der Waals surface area contributed by atoms with Crippen molar-refractivity contribution in [3.8, 4) is 0 Å². The van der Waals surface area contributed by atoms with E-state index in [2.05, 4.69) is 0 Å². The maximum atomic E-state index is 12.9. The molecule has 1 aromatic carbocycles. The molecule has 1 nitrogen and oxygen atoms in total. The maximum Gasteiger partial charge on any atom is 0.167 e. The van der Waals surface area contributed by atoms with E-state index in [0.717, 1.165) is 11.8 Å². The summed E-state index contributed by atoms with van der Waals surface area (Å²) < 4.78 is 0. The number of Topliss-reactive ketones (excluding diaryl/α,β-unsaturated/α-hetero) is 1. The molecule has 1 aromatic rings. The number of halogens is 2. The Morgan fingerprint density at radius 3 is 2.10 bits per heavy atom. The molecule has 4 aliphatic rings. The predicted octanol–water partition coefficient (Wildman–Crippen LogP) is 5.25. The zero-order valence-electron chi connectivity index (χ0n) is 11.3. The first-order valence-corrected chi connectivity index (χ1v) is 8.36. The Labute approximate surface area is 129 Å². The largest absolute Gasteiger partial charge is 0.294 e. The highest BCUT2D eigenvalue weighted by molar-refractivity contribution is 6.36. The minimum absolute atomic E-state index is 0.210. The van der Waals surface area contributed by atoms with Gasteiger partial charge in [-0.15, -0.1) is 0 Å². The van der Waals surface area contributed by atoms with Crippen molar-refractivity contribution in [1.82, 2.24) is 0 Å². The van der Waals surface area contributed by atoms with E-state index < -0.39 is 0 Å². The quantitative estimate of drug-likeness (QED) is 0.682. The van der Waals surface area contributed by atoms with Gasteiger partial charge in [0, 0.05) is 16.5 Å². The van der Waals surface area contributed by atoms with Gasteiger partial charge in [0.2, 0.25) is 0 Å². The van der Waals surface area contributed by atoms with Gasteiger partial charge in [0.15, 0.2) is 5.78 Å². The van der Waals surface area contributed by atoms with Crippen molar-refractivity contribution < 1.29 is 4.79 Å². The zero-order chi connectivity index (χ0) is 13.9. The van der Waals surface area contributed by atoms with Crippen LogP contribution in [0.5, 0.6) is 0 Å². The van der Waals surface area contributed by atoms with Crippen LogP contribution < -0.4 is 0 Å². The van der Waals surface area contributed by atoms with Crippen LogP contribution in [0.1, 0.15) is 42.5 Å². The van der Waals surface area contributed by atoms with E-state index >= 15 is 0 Å². The molecule has 4 bridgehead atoms. The van der Waals surface area contributed by atoms with Gasteiger partial charge in [-0.25, -0.2) is 0 Å². The van der Waals surface area contributed by atoms with Crippen LogP contribution in [-0.4, -0.2) is 5.78 Å². The minimum Gasteiger partial charge on any atom is -0.294 e. The molecule has 0 aromatic heterocycles. The first-order chi connectivity index (χ1) is 9.61. The van der Waals surface area contributed by atoms with Gasteiger partial charge < -0.3 is 0 Å². The number of hydrogen-bond acceptors (Lipinski definition) is 1. The van der Waals surface area contributed by atoms with Crippen molar-refractivity contribution >= 4 is 29.0 Å². The summed E-state index contributed by atoms with van der Waals surface area (Å²) in [5, 5.41) is 1.10. The number of hydrogen-bond donors (Lipinski definition) is 0. The normalized spacial score (nSPS) is 38.2. The van der Waals surface area contributed by atoms with Crippen LogP contribution in [0.15, 0.2) is 18.2 Å². The molecular weight excluding hydrogens is 291 g/mol. The molecule has 4 aliphatic carbocycles. The Morgan fingerprint density at radius 1 is 0.950 bits per heavy atom. The van der Waals surface area contributed by atoms with Gasteiger partial charge in [-0.2, -0.15) is 0 Å². The standard InChI is InChI=1S/C17H18Cl2O/c18-13-1-2-14(15(19)8-13)17(20)16-11-4-9-3-10(6-11)7-12(16)5-9/h1-2,8-12,16H,3-7H2. The number of ketones is 1. The summed E-state index contributed by atoms with van der Waals surface area (Å²) in [6.07, 6.45) is 6.45. The van der Waals surface area contributed by atoms with Gasteiger partial charge in [-0.3, -0.25) is 4.79 Å². The first-order valence-electron chi connectivity index (χ1n) is 7.61. The molecule has 0 atom stereocenters. The molecule has 4 saturated carbocycles. The maximum absolute atomic E-state index is 12.9. The number of carbonyl (C=O) groups is 1. The summed E-state index contributed by atoms with van der Waals surface area (Å²) in [5.74, 6) is 3.46. The van der Waals surface area contributed by atoms with Crippen LogP contribution in [0.25, 0.3) is 0 Å². The van der Waals surface area contributed by atoms with Crippen LogP contribution in [0, 0.1) is 29.6 Å². The molecule has 3 heteroatoms. The third kappa shape index (κ3) is 2.02. The summed E-state index contributed by atoms with van der Waals surface area (Å²) in [6, 6.07) is 5.27. The van der Waals surface area contributed by atoms with Gasteiger partial charge in [0.1, 0.15) is 0 Å². The van der Waals surface area contributed by atoms with E-state index in [-0.39, 0.29) is 11.7 Å². The molecule has 0 unspecified atom stereocenters. The van der Waals surface area contributed by atoms with E-state index in [0.29, 0.717) is 27.4 Å². The lowest BCUT2D eigenvalue weighted by Crippen LogP contribution is -2.48. The fourth-order valence-electron chi connectivity index (χ4n) is 5.22. The molecule has 106 valence electrons. The fraction of sp³-hybridized carbons (Fsp3) is 0.588. The Kier molecular flexibility index (Phi) is 3.12. The van der Waals surface area contributed by atoms with Gasteiger partial charge in [0.25, 0.3) is 0 Å². The average molecular weight is 309 g/mol. The third-order valence-corrected chi connectivity index (χ3v) is 6.27. The molecule has 4 fully saturated rings. The first kappa shape index (κ1) is 13.2. The van der Waals surface area contributed by atoms with Crippen molar-refractivity contribution in [3.63, 3.8) is 0 Å². The van der Waals surface area contributed by atoms with Crippen molar-refractivity contribution in [1.29, 1.82) is 0 Å². The topological polar surface area (TPSA) is 17.1 Å². The summed E-state index contributed by atoms with van der Waals surface area (Å²) in [4.78, 5) is 12.9. The smallest absolute Gasteiger partial charge is 0.167 e. The van der Waals surface area contributed by atoms with E-state index in [1.54, 1.807) is 18.2 Å². The monoisotopic (exact) mass is 308 g/mol. The second-order valence-corrected chi connectivity index (χ2v) is 7.79. The summed E-state index contributed by atoms with van der Waals surface area (Å²) in [6.45, 7) is 0. The summed E-state index contributed by atoms with van der Waals surface area (Å²) >= 11 is 12.2. The second-order valence-electron chi connectivity index (χ2n) is 6.94. The summed E-state index contributed by atoms with van der Waals surface area (Å²) in [5.41, 5.74) is 0.675. The molecule has 20 heavy (non-hydrogen) atoms. The van der Waals surface area contributed by atoms with Crippen molar-refractivity contribution in [3.05, 3.63) is 33.8 Å². The van der Waals surface area contributed by atoms with Gasteiger partial charge in [0.05, 0.1) is 5.02 Å². The second kappa shape index (κ2) is 4.74. The van der Waals surface area contributed by atoms with Crippen LogP contribution >= 0.6 is 23.2 Å². The zero-order valence-corrected chi connectivity index (χ0v) is 12.8. The molecule has 0 amide bonds. The average Bonchev–Trinajstić information content (AvgIpc) is 2.37. The highest BCUT2D eigenvalue weighted by atomic mass is 35.5. The summed E-state index contributed by atoms with van der Waals surface area (Å²) in [7, 11) is 0. The van der Waals surface area contributed by atoms with Crippen LogP contribution in [0.4, 0.5) is 0 Å². The SMILES string of the molecule is O=C(c1ccc(Cl)cc1Cl)C1C2CC3CC(C2)CC1C3. The predicted molar refractivity (Wildman–Crippen MR) is 81.3 cm³/mol. The highest BCUT2D eigenvalue weighted by Gasteiger charge is 2.50. The van der Waals surface area contributed by atoms with Crippen LogP contribution in [0.2, 0.25) is 10.0 Å². The van der Waals surface area contributed by atoms with Gasteiger partial charge in [-0.05, 0) is 74.0 Å². The van der Waals surface area contributed by atoms with E-state index in [4.69, 9.17) is 23.2 Å². The van der Waals surface area contributed by atoms with Gasteiger partial charge in [-0.1, -0.05) is 23.2 Å². The van der Waals surface area contributed by atoms with Crippen LogP contribution in [0.3, 0.4) is 0 Å². The number of benzene rings is 1. The lowest BCUT2D eigenvalue weighted by Gasteiger charge is -2.53. The van der Waals surface area contributed by atoms with E-state index in [9.17, 15) is 4.79 Å². The molecule has 0 saturated heterocycles.